The minimum absolute atomic E-state index is 0.634. The summed E-state index contributed by atoms with van der Waals surface area (Å²) in [6.07, 6.45) is 0. The maximum absolute atomic E-state index is 5.75. The first kappa shape index (κ1) is 14.8. The largest absolute Gasteiger partial charge is 0.375 e. The zero-order valence-corrected chi connectivity index (χ0v) is 13.2. The Morgan fingerprint density at radius 3 is 1.82 bits per heavy atom. The molecule has 2 N–H and O–H groups in total. The molecule has 0 aliphatic heterocycles. The van der Waals surface area contributed by atoms with Crippen LogP contribution in [0.25, 0.3) is 0 Å². The molecule has 4 heteroatoms. The van der Waals surface area contributed by atoms with Gasteiger partial charge < -0.3 is 5.73 Å². The molecule has 0 bridgehead atoms. The van der Waals surface area contributed by atoms with Crippen LogP contribution >= 0.6 is 11.3 Å². The Labute approximate surface area is 135 Å². The van der Waals surface area contributed by atoms with Gasteiger partial charge in [0.1, 0.15) is 0 Å². The predicted octanol–water partition coefficient (Wildman–Crippen LogP) is 3.93. The Morgan fingerprint density at radius 2 is 1.36 bits per heavy atom. The first-order chi connectivity index (χ1) is 10.8. The van der Waals surface area contributed by atoms with E-state index in [-0.39, 0.29) is 0 Å². The summed E-state index contributed by atoms with van der Waals surface area (Å²) in [5.74, 6) is 0. The van der Waals surface area contributed by atoms with Gasteiger partial charge in [-0.2, -0.15) is 0 Å². The van der Waals surface area contributed by atoms with Crippen LogP contribution in [-0.4, -0.2) is 9.88 Å². The molecule has 0 saturated heterocycles. The van der Waals surface area contributed by atoms with Crippen molar-refractivity contribution >= 4 is 16.5 Å². The summed E-state index contributed by atoms with van der Waals surface area (Å²) in [5, 5.41) is 2.67. The Kier molecular flexibility index (Phi) is 4.83. The number of rotatable bonds is 6. The fraction of sp³-hybridized carbons (Fsp3) is 0.167. The summed E-state index contributed by atoms with van der Waals surface area (Å²) in [4.78, 5) is 6.78. The molecule has 0 radical (unpaired) electrons. The van der Waals surface area contributed by atoms with E-state index in [1.807, 2.05) is 17.5 Å². The molecular formula is C18H19N3S. The van der Waals surface area contributed by atoms with Crippen LogP contribution in [-0.2, 0) is 19.6 Å². The van der Waals surface area contributed by atoms with Crippen LogP contribution in [0, 0.1) is 0 Å². The standard InChI is InChI=1S/C18H19N3S/c19-18-20-17(14-22-18)13-21(11-15-7-3-1-4-8-15)12-16-9-5-2-6-10-16/h1-10,14H,11-13H2,(H2,19,20). The van der Waals surface area contributed by atoms with E-state index in [2.05, 4.69) is 58.4 Å². The molecule has 0 unspecified atom stereocenters. The summed E-state index contributed by atoms with van der Waals surface area (Å²) in [7, 11) is 0. The van der Waals surface area contributed by atoms with Crippen molar-refractivity contribution < 1.29 is 0 Å². The highest BCUT2D eigenvalue weighted by molar-refractivity contribution is 7.13. The summed E-state index contributed by atoms with van der Waals surface area (Å²) < 4.78 is 0. The minimum atomic E-state index is 0.634. The smallest absolute Gasteiger partial charge is 0.180 e. The number of hydrogen-bond donors (Lipinski definition) is 1. The third-order valence-corrected chi connectivity index (χ3v) is 4.18. The van der Waals surface area contributed by atoms with Gasteiger partial charge in [0.25, 0.3) is 0 Å². The normalized spacial score (nSPS) is 11.0. The van der Waals surface area contributed by atoms with E-state index in [1.165, 1.54) is 22.5 Å². The average Bonchev–Trinajstić information content (AvgIpc) is 2.94. The van der Waals surface area contributed by atoms with Gasteiger partial charge in [0.2, 0.25) is 0 Å². The van der Waals surface area contributed by atoms with Crippen molar-refractivity contribution in [1.82, 2.24) is 9.88 Å². The van der Waals surface area contributed by atoms with E-state index in [1.54, 1.807) is 0 Å². The summed E-state index contributed by atoms with van der Waals surface area (Å²) in [5.41, 5.74) is 9.40. The van der Waals surface area contributed by atoms with Crippen molar-refractivity contribution in [2.24, 2.45) is 0 Å². The molecule has 0 fully saturated rings. The van der Waals surface area contributed by atoms with Crippen LogP contribution in [0.1, 0.15) is 16.8 Å². The molecule has 0 aliphatic rings. The number of hydrogen-bond acceptors (Lipinski definition) is 4. The van der Waals surface area contributed by atoms with Gasteiger partial charge >= 0.3 is 0 Å². The van der Waals surface area contributed by atoms with Crippen LogP contribution in [0.2, 0.25) is 0 Å². The van der Waals surface area contributed by atoms with Crippen LogP contribution in [0.4, 0.5) is 5.13 Å². The molecule has 22 heavy (non-hydrogen) atoms. The van der Waals surface area contributed by atoms with Crippen LogP contribution < -0.4 is 5.73 Å². The lowest BCUT2D eigenvalue weighted by Gasteiger charge is -2.21. The maximum atomic E-state index is 5.75. The van der Waals surface area contributed by atoms with Crippen molar-refractivity contribution in [3.05, 3.63) is 82.9 Å². The van der Waals surface area contributed by atoms with Crippen LogP contribution in [0.15, 0.2) is 66.0 Å². The Morgan fingerprint density at radius 1 is 0.818 bits per heavy atom. The quantitative estimate of drug-likeness (QED) is 0.750. The van der Waals surface area contributed by atoms with Gasteiger partial charge in [0.15, 0.2) is 5.13 Å². The number of benzene rings is 2. The second-order valence-corrected chi connectivity index (χ2v) is 6.18. The lowest BCUT2D eigenvalue weighted by Crippen LogP contribution is -2.22. The SMILES string of the molecule is Nc1nc(CN(Cc2ccccc2)Cc2ccccc2)cs1. The number of nitrogens with zero attached hydrogens (tertiary/aromatic N) is 2. The summed E-state index contributed by atoms with van der Waals surface area (Å²) in [6.45, 7) is 2.60. The van der Waals surface area contributed by atoms with Crippen LogP contribution in [0.3, 0.4) is 0 Å². The minimum Gasteiger partial charge on any atom is -0.375 e. The van der Waals surface area contributed by atoms with Crippen molar-refractivity contribution in [1.29, 1.82) is 0 Å². The molecular weight excluding hydrogens is 290 g/mol. The van der Waals surface area contributed by atoms with Crippen molar-refractivity contribution in [3.63, 3.8) is 0 Å². The molecule has 2 aromatic carbocycles. The number of aromatic nitrogens is 1. The van der Waals surface area contributed by atoms with E-state index in [0.29, 0.717) is 5.13 Å². The third kappa shape index (κ3) is 4.16. The van der Waals surface area contributed by atoms with Gasteiger partial charge in [-0.25, -0.2) is 4.98 Å². The monoisotopic (exact) mass is 309 g/mol. The Bertz CT molecular complexity index is 653. The van der Waals surface area contributed by atoms with Crippen molar-refractivity contribution in [2.75, 3.05) is 5.73 Å². The van der Waals surface area contributed by atoms with Crippen molar-refractivity contribution in [3.8, 4) is 0 Å². The lowest BCUT2D eigenvalue weighted by atomic mass is 10.1. The number of thiazole rings is 1. The molecule has 3 rings (SSSR count). The lowest BCUT2D eigenvalue weighted by molar-refractivity contribution is 0.245. The van der Waals surface area contributed by atoms with Gasteiger partial charge in [0, 0.05) is 25.0 Å². The van der Waals surface area contributed by atoms with Gasteiger partial charge in [-0.1, -0.05) is 60.7 Å². The highest BCUT2D eigenvalue weighted by atomic mass is 32.1. The van der Waals surface area contributed by atoms with Gasteiger partial charge in [-0.3, -0.25) is 4.90 Å². The number of nitrogens with two attached hydrogens (primary N) is 1. The number of anilines is 1. The molecule has 1 aromatic heterocycles. The Hall–Kier alpha value is -2.17. The maximum Gasteiger partial charge on any atom is 0.180 e. The summed E-state index contributed by atoms with van der Waals surface area (Å²) in [6, 6.07) is 21.1. The van der Waals surface area contributed by atoms with Gasteiger partial charge in [-0.15, -0.1) is 11.3 Å². The van der Waals surface area contributed by atoms with Gasteiger partial charge in [0.05, 0.1) is 5.69 Å². The van der Waals surface area contributed by atoms with E-state index in [4.69, 9.17) is 5.73 Å². The first-order valence-corrected chi connectivity index (χ1v) is 8.17. The van der Waals surface area contributed by atoms with E-state index in [9.17, 15) is 0 Å². The van der Waals surface area contributed by atoms with Crippen LogP contribution in [0.5, 0.6) is 0 Å². The highest BCUT2D eigenvalue weighted by Crippen LogP contribution is 2.17. The molecule has 0 aliphatic carbocycles. The second kappa shape index (κ2) is 7.20. The molecule has 3 aromatic rings. The zero-order chi connectivity index (χ0) is 15.2. The van der Waals surface area contributed by atoms with E-state index in [0.717, 1.165) is 25.3 Å². The molecule has 0 spiro atoms. The Balaban J connectivity index is 1.75. The fourth-order valence-corrected chi connectivity index (χ4v) is 3.03. The second-order valence-electron chi connectivity index (χ2n) is 5.29. The average molecular weight is 309 g/mol. The van der Waals surface area contributed by atoms with E-state index >= 15 is 0 Å². The highest BCUT2D eigenvalue weighted by Gasteiger charge is 2.10. The zero-order valence-electron chi connectivity index (χ0n) is 12.4. The molecule has 1 heterocycles. The predicted molar refractivity (Wildman–Crippen MR) is 92.4 cm³/mol. The molecule has 112 valence electrons. The third-order valence-electron chi connectivity index (χ3n) is 3.45. The molecule has 0 saturated carbocycles. The summed E-state index contributed by atoms with van der Waals surface area (Å²) >= 11 is 1.50. The molecule has 0 atom stereocenters. The molecule has 3 nitrogen and oxygen atoms in total. The first-order valence-electron chi connectivity index (χ1n) is 7.30. The molecule has 0 amide bonds. The van der Waals surface area contributed by atoms with E-state index < -0.39 is 0 Å². The van der Waals surface area contributed by atoms with Gasteiger partial charge in [-0.05, 0) is 11.1 Å². The topological polar surface area (TPSA) is 42.1 Å². The van der Waals surface area contributed by atoms with Crippen molar-refractivity contribution in [2.45, 2.75) is 19.6 Å². The fourth-order valence-electron chi connectivity index (χ4n) is 2.48. The number of nitrogen functional groups attached to an aromatic ring is 1.